The van der Waals surface area contributed by atoms with Gasteiger partial charge in [-0.15, -0.1) is 0 Å². The van der Waals surface area contributed by atoms with E-state index in [9.17, 15) is 22.8 Å². The molecule has 0 unspecified atom stereocenters. The Balaban J connectivity index is 2.07. The van der Waals surface area contributed by atoms with Gasteiger partial charge in [-0.1, -0.05) is 13.8 Å². The molecule has 1 aromatic rings. The zero-order chi connectivity index (χ0) is 33.8. The minimum atomic E-state index is -4.06. The fraction of sp³-hybridized carbons (Fsp3) is 0.667. The van der Waals surface area contributed by atoms with Crippen LogP contribution in [0.3, 0.4) is 0 Å². The molecule has 0 spiro atoms. The van der Waals surface area contributed by atoms with E-state index in [1.54, 1.807) is 48.5 Å². The van der Waals surface area contributed by atoms with Gasteiger partial charge in [0.25, 0.3) is 10.0 Å². The van der Waals surface area contributed by atoms with Crippen LogP contribution < -0.4 is 25.8 Å². The van der Waals surface area contributed by atoms with Gasteiger partial charge in [-0.3, -0.25) is 4.99 Å². The molecule has 1 heterocycles. The summed E-state index contributed by atoms with van der Waals surface area (Å²) in [5.41, 5.74) is 7.55. The number of fused-ring (bicyclic) bond motifs is 1. The van der Waals surface area contributed by atoms with E-state index in [2.05, 4.69) is 20.3 Å². The second-order valence-electron chi connectivity index (χ2n) is 13.0. The number of sulfonamides is 1. The molecule has 5 N–H and O–H groups in total. The van der Waals surface area contributed by atoms with E-state index in [4.69, 9.17) is 19.9 Å². The number of ether oxygens (including phenoxy) is 3. The number of nitrogens with two attached hydrogens (primary N) is 1. The molecule has 0 saturated carbocycles. The zero-order valence-corrected chi connectivity index (χ0v) is 28.6. The first-order chi connectivity index (χ1) is 20.1. The topological polar surface area (TPSA) is 188 Å². The first kappa shape index (κ1) is 36.6. The lowest BCUT2D eigenvalue weighted by Crippen LogP contribution is -2.54. The number of hydrogen-bond acceptors (Lipinski definition) is 9. The Morgan fingerprint density at radius 1 is 1.05 bits per heavy atom. The third kappa shape index (κ3) is 9.47. The Labute approximate surface area is 261 Å². The third-order valence-corrected chi connectivity index (χ3v) is 8.77. The summed E-state index contributed by atoms with van der Waals surface area (Å²) in [6.45, 7) is 18.0. The highest BCUT2D eigenvalue weighted by Gasteiger charge is 2.37. The normalized spacial score (nSPS) is 16.0. The van der Waals surface area contributed by atoms with E-state index in [1.807, 2.05) is 20.8 Å². The third-order valence-electron chi connectivity index (χ3n) is 7.14. The summed E-state index contributed by atoms with van der Waals surface area (Å²) in [5.74, 6) is -1.15. The summed E-state index contributed by atoms with van der Waals surface area (Å²) in [5, 5.41) is 5.10. The van der Waals surface area contributed by atoms with E-state index in [-0.39, 0.29) is 36.2 Å². The average Bonchev–Trinajstić information content (AvgIpc) is 3.21. The fourth-order valence-electron chi connectivity index (χ4n) is 4.96. The number of urea groups is 1. The van der Waals surface area contributed by atoms with Crippen LogP contribution in [0.1, 0.15) is 83.6 Å². The molecule has 0 aromatic heterocycles. The molecule has 44 heavy (non-hydrogen) atoms. The van der Waals surface area contributed by atoms with Crippen LogP contribution >= 0.6 is 0 Å². The van der Waals surface area contributed by atoms with Crippen molar-refractivity contribution in [1.29, 1.82) is 0 Å². The van der Waals surface area contributed by atoms with Gasteiger partial charge >= 0.3 is 18.0 Å². The molecule has 0 aliphatic carbocycles. The molecule has 13 nitrogen and oxygen atoms in total. The van der Waals surface area contributed by atoms with Crippen LogP contribution in [0.2, 0.25) is 0 Å². The quantitative estimate of drug-likeness (QED) is 0.122. The average molecular weight is 640 g/mol. The van der Waals surface area contributed by atoms with Crippen molar-refractivity contribution in [3.05, 3.63) is 22.3 Å². The zero-order valence-electron chi connectivity index (χ0n) is 27.8. The van der Waals surface area contributed by atoms with Crippen LogP contribution in [0.25, 0.3) is 0 Å². The van der Waals surface area contributed by atoms with E-state index in [0.717, 1.165) is 16.9 Å². The maximum absolute atomic E-state index is 13.4. The SMILES string of the molecule is COC(=O)[C@H](CCCN=C(N)NS(=O)(=O)c1c(C)c(C)c2c(c1C)CC(C)(C)O2)NC(=O)N[C@H](C(=O)OC(C)(C)C)C(C)C. The van der Waals surface area contributed by atoms with Gasteiger partial charge < -0.3 is 30.6 Å². The van der Waals surface area contributed by atoms with E-state index < -0.39 is 51.3 Å². The molecule has 248 valence electrons. The Hall–Kier alpha value is -3.55. The molecular formula is C30H49N5O8S. The first-order valence-corrected chi connectivity index (χ1v) is 16.1. The van der Waals surface area contributed by atoms with Crippen molar-refractivity contribution in [3.8, 4) is 5.75 Å². The van der Waals surface area contributed by atoms with Crippen molar-refractivity contribution in [1.82, 2.24) is 15.4 Å². The summed E-state index contributed by atoms with van der Waals surface area (Å²) in [4.78, 5) is 41.9. The predicted molar refractivity (Wildman–Crippen MR) is 167 cm³/mol. The van der Waals surface area contributed by atoms with Crippen molar-refractivity contribution in [3.63, 3.8) is 0 Å². The monoisotopic (exact) mass is 639 g/mol. The number of methoxy groups -OCH3 is 1. The van der Waals surface area contributed by atoms with E-state index >= 15 is 0 Å². The summed E-state index contributed by atoms with van der Waals surface area (Å²) < 4.78 is 45.4. The molecular weight excluding hydrogens is 590 g/mol. The number of nitrogens with zero attached hydrogens (tertiary/aromatic N) is 1. The Morgan fingerprint density at radius 2 is 1.66 bits per heavy atom. The highest BCUT2D eigenvalue weighted by molar-refractivity contribution is 7.90. The number of rotatable bonds is 11. The standard InChI is InChI=1S/C30H49N5O8S/c1-16(2)22(26(37)43-29(6,7)8)34-28(38)33-21(25(36)41-11)13-12-14-32-27(31)35-44(39,40)24-18(4)17(3)23-20(19(24)5)15-30(9,10)42-23/h16,21-22H,12-15H2,1-11H3,(H3,31,32,35)(H2,33,34,38)/t21-,22-/m0/s1. The highest BCUT2D eigenvalue weighted by atomic mass is 32.2. The van der Waals surface area contributed by atoms with Gasteiger partial charge in [0.2, 0.25) is 5.96 Å². The van der Waals surface area contributed by atoms with Gasteiger partial charge in [0.05, 0.1) is 12.0 Å². The number of carbonyl (C=O) groups excluding carboxylic acids is 3. The predicted octanol–water partition coefficient (Wildman–Crippen LogP) is 2.91. The van der Waals surface area contributed by atoms with Gasteiger partial charge in [0.1, 0.15) is 29.0 Å². The molecule has 0 fully saturated rings. The van der Waals surface area contributed by atoms with E-state index in [0.29, 0.717) is 17.5 Å². The molecule has 0 bridgehead atoms. The van der Waals surface area contributed by atoms with Gasteiger partial charge in [-0.05, 0) is 90.8 Å². The molecule has 2 rings (SSSR count). The van der Waals surface area contributed by atoms with Crippen LogP contribution in [-0.4, -0.2) is 69.3 Å². The Kier molecular flexibility index (Phi) is 11.7. The lowest BCUT2D eigenvalue weighted by Gasteiger charge is -2.27. The minimum Gasteiger partial charge on any atom is -0.487 e. The van der Waals surface area contributed by atoms with Gasteiger partial charge in [-0.25, -0.2) is 27.5 Å². The number of hydrogen-bond donors (Lipinski definition) is 4. The molecule has 1 aromatic carbocycles. The number of aliphatic imine (C=N–C) groups is 1. The summed E-state index contributed by atoms with van der Waals surface area (Å²) in [7, 11) is -2.88. The van der Waals surface area contributed by atoms with Gasteiger partial charge in [-0.2, -0.15) is 0 Å². The maximum atomic E-state index is 13.4. The molecule has 1 aliphatic heterocycles. The molecule has 2 atom stereocenters. The lowest BCUT2D eigenvalue weighted by molar-refractivity contribution is -0.158. The largest absolute Gasteiger partial charge is 0.487 e. The molecule has 0 radical (unpaired) electrons. The molecule has 0 saturated heterocycles. The molecule has 2 amide bonds. The van der Waals surface area contributed by atoms with Crippen molar-refractivity contribution in [2.75, 3.05) is 13.7 Å². The Bertz CT molecular complexity index is 1400. The van der Waals surface area contributed by atoms with Crippen molar-refractivity contribution in [2.45, 2.75) is 117 Å². The first-order valence-electron chi connectivity index (χ1n) is 14.6. The number of guanidine groups is 1. The maximum Gasteiger partial charge on any atom is 0.329 e. The second-order valence-corrected chi connectivity index (χ2v) is 14.6. The summed E-state index contributed by atoms with van der Waals surface area (Å²) in [6.07, 6.45) is 0.943. The van der Waals surface area contributed by atoms with Crippen molar-refractivity contribution >= 4 is 34.0 Å². The van der Waals surface area contributed by atoms with Gasteiger partial charge in [0.15, 0.2) is 0 Å². The van der Waals surface area contributed by atoms with Crippen LogP contribution in [-0.2, 0) is 35.5 Å². The van der Waals surface area contributed by atoms with E-state index in [1.165, 1.54) is 7.11 Å². The number of benzene rings is 1. The van der Waals surface area contributed by atoms with Crippen LogP contribution in [0.15, 0.2) is 9.89 Å². The smallest absolute Gasteiger partial charge is 0.329 e. The minimum absolute atomic E-state index is 0.0564. The van der Waals surface area contributed by atoms with Crippen molar-refractivity contribution in [2.24, 2.45) is 16.6 Å². The number of carbonyl (C=O) groups is 3. The number of amides is 2. The molecule has 1 aliphatic rings. The summed E-state index contributed by atoms with van der Waals surface area (Å²) >= 11 is 0. The molecule has 14 heteroatoms. The lowest BCUT2D eigenvalue weighted by atomic mass is 9.94. The highest BCUT2D eigenvalue weighted by Crippen LogP contribution is 2.43. The van der Waals surface area contributed by atoms with Gasteiger partial charge in [0, 0.05) is 18.5 Å². The summed E-state index contributed by atoms with van der Waals surface area (Å²) in [6, 6.07) is -2.73. The number of esters is 2. The fourth-order valence-corrected chi connectivity index (χ4v) is 6.48. The van der Waals surface area contributed by atoms with Crippen LogP contribution in [0.4, 0.5) is 4.79 Å². The second kappa shape index (κ2) is 14.0. The number of nitrogens with one attached hydrogen (secondary N) is 3. The Morgan fingerprint density at radius 3 is 2.20 bits per heavy atom. The van der Waals surface area contributed by atoms with Crippen LogP contribution in [0.5, 0.6) is 5.75 Å². The van der Waals surface area contributed by atoms with Crippen LogP contribution in [0, 0.1) is 26.7 Å². The van der Waals surface area contributed by atoms with Crippen molar-refractivity contribution < 1.29 is 37.0 Å².